The molecule has 5 heteroatoms. The molecule has 1 unspecified atom stereocenters. The lowest BCUT2D eigenvalue weighted by Crippen LogP contribution is -2.59. The molecule has 21 heavy (non-hydrogen) atoms. The second-order valence-electron chi connectivity index (χ2n) is 4.73. The van der Waals surface area contributed by atoms with Crippen molar-refractivity contribution in [2.24, 2.45) is 0 Å². The Morgan fingerprint density at radius 2 is 2.14 bits per heavy atom. The lowest BCUT2D eigenvalue weighted by Gasteiger charge is -2.33. The molecule has 0 aromatic heterocycles. The number of nitrogens with one attached hydrogen (secondary N) is 2. The van der Waals surface area contributed by atoms with Gasteiger partial charge in [-0.05, 0) is 19.1 Å². The Morgan fingerprint density at radius 3 is 2.86 bits per heavy atom. The van der Waals surface area contributed by atoms with Crippen molar-refractivity contribution in [2.75, 3.05) is 26.2 Å². The normalized spacial score (nSPS) is 17.6. The van der Waals surface area contributed by atoms with Gasteiger partial charge in [-0.2, -0.15) is 0 Å². The summed E-state index contributed by atoms with van der Waals surface area (Å²) in [6, 6.07) is 8.84. The maximum atomic E-state index is 12.2. The fourth-order valence-electron chi connectivity index (χ4n) is 2.19. The van der Waals surface area contributed by atoms with E-state index in [4.69, 9.17) is 0 Å². The van der Waals surface area contributed by atoms with Crippen LogP contribution in [0.3, 0.4) is 0 Å². The highest BCUT2D eigenvalue weighted by Gasteiger charge is 2.30. The molecule has 1 aliphatic heterocycles. The fourth-order valence-corrected chi connectivity index (χ4v) is 2.19. The second kappa shape index (κ2) is 7.46. The van der Waals surface area contributed by atoms with Crippen LogP contribution in [0.4, 0.5) is 0 Å². The number of nitrogens with zero attached hydrogens (tertiary/aromatic N) is 1. The number of carbonyl (C=O) groups is 2. The van der Waals surface area contributed by atoms with Crippen molar-refractivity contribution in [3.05, 3.63) is 35.9 Å². The van der Waals surface area contributed by atoms with E-state index in [1.54, 1.807) is 0 Å². The second-order valence-corrected chi connectivity index (χ2v) is 4.73. The molecule has 1 fully saturated rings. The van der Waals surface area contributed by atoms with Crippen molar-refractivity contribution < 1.29 is 9.59 Å². The van der Waals surface area contributed by atoms with Crippen LogP contribution in [0.25, 0.3) is 0 Å². The quantitative estimate of drug-likeness (QED) is 0.751. The molecular formula is C16H19N3O2. The minimum Gasteiger partial charge on any atom is -0.355 e. The van der Waals surface area contributed by atoms with Gasteiger partial charge in [0.05, 0.1) is 0 Å². The molecule has 1 atom stereocenters. The molecule has 1 aromatic rings. The molecule has 1 heterocycles. The Balaban J connectivity index is 2.09. The molecule has 1 saturated heterocycles. The van der Waals surface area contributed by atoms with Crippen molar-refractivity contribution in [2.45, 2.75) is 13.0 Å². The van der Waals surface area contributed by atoms with Crippen molar-refractivity contribution in [1.82, 2.24) is 15.5 Å². The van der Waals surface area contributed by atoms with Crippen LogP contribution in [0.2, 0.25) is 0 Å². The molecule has 1 aromatic carbocycles. The highest BCUT2D eigenvalue weighted by atomic mass is 16.2. The maximum absolute atomic E-state index is 12.2. The number of piperazine rings is 1. The van der Waals surface area contributed by atoms with E-state index in [0.29, 0.717) is 26.2 Å². The Labute approximate surface area is 124 Å². The van der Waals surface area contributed by atoms with Gasteiger partial charge in [0.2, 0.25) is 5.91 Å². The van der Waals surface area contributed by atoms with Crippen molar-refractivity contribution in [3.63, 3.8) is 0 Å². The number of hydrogen-bond donors (Lipinski definition) is 2. The minimum atomic E-state index is -0.490. The summed E-state index contributed by atoms with van der Waals surface area (Å²) >= 11 is 0. The van der Waals surface area contributed by atoms with Crippen LogP contribution in [-0.2, 0) is 9.59 Å². The first-order chi connectivity index (χ1) is 10.2. The molecule has 0 aliphatic carbocycles. The lowest BCUT2D eigenvalue weighted by atomic mass is 10.1. The zero-order valence-corrected chi connectivity index (χ0v) is 12.1. The average molecular weight is 285 g/mol. The van der Waals surface area contributed by atoms with E-state index in [2.05, 4.69) is 22.5 Å². The van der Waals surface area contributed by atoms with Crippen LogP contribution in [0.1, 0.15) is 12.5 Å². The summed E-state index contributed by atoms with van der Waals surface area (Å²) in [6.45, 7) is 4.03. The molecule has 2 amide bonds. The van der Waals surface area contributed by atoms with E-state index in [1.807, 2.05) is 37.3 Å². The summed E-state index contributed by atoms with van der Waals surface area (Å²) < 4.78 is 0. The zero-order valence-electron chi connectivity index (χ0n) is 12.1. The van der Waals surface area contributed by atoms with Crippen molar-refractivity contribution >= 4 is 11.8 Å². The van der Waals surface area contributed by atoms with E-state index in [0.717, 1.165) is 5.56 Å². The molecule has 0 bridgehead atoms. The van der Waals surface area contributed by atoms with Crippen LogP contribution in [0.15, 0.2) is 30.3 Å². The van der Waals surface area contributed by atoms with Crippen LogP contribution in [0, 0.1) is 11.8 Å². The number of hydrogen-bond acceptors (Lipinski definition) is 3. The van der Waals surface area contributed by atoms with Gasteiger partial charge in [-0.1, -0.05) is 24.1 Å². The highest BCUT2D eigenvalue weighted by molar-refractivity contribution is 5.97. The molecular weight excluding hydrogens is 266 g/mol. The van der Waals surface area contributed by atoms with Gasteiger partial charge < -0.3 is 15.5 Å². The summed E-state index contributed by atoms with van der Waals surface area (Å²) in [5.41, 5.74) is 0.788. The largest absolute Gasteiger partial charge is 0.355 e. The molecule has 0 saturated carbocycles. The molecule has 0 radical (unpaired) electrons. The van der Waals surface area contributed by atoms with Gasteiger partial charge in [0.1, 0.15) is 6.04 Å². The predicted octanol–water partition coefficient (Wildman–Crippen LogP) is -0.0254. The van der Waals surface area contributed by atoms with Crippen LogP contribution in [-0.4, -0.2) is 48.9 Å². The molecule has 2 N–H and O–H groups in total. The molecule has 110 valence electrons. The summed E-state index contributed by atoms with van der Waals surface area (Å²) in [7, 11) is 0. The first kappa shape index (κ1) is 15.1. The highest BCUT2D eigenvalue weighted by Crippen LogP contribution is 2.04. The van der Waals surface area contributed by atoms with E-state index in [1.165, 1.54) is 4.90 Å². The van der Waals surface area contributed by atoms with Crippen LogP contribution >= 0.6 is 0 Å². The van der Waals surface area contributed by atoms with Crippen molar-refractivity contribution in [1.29, 1.82) is 0 Å². The van der Waals surface area contributed by atoms with E-state index >= 15 is 0 Å². The van der Waals surface area contributed by atoms with Gasteiger partial charge in [-0.3, -0.25) is 9.59 Å². The standard InChI is InChI=1S/C16H19N3O2/c1-2-18-16(21)14-12-17-10-11-19(14)15(20)9-8-13-6-4-3-5-7-13/h3-7,14,17H,2,10-12H2,1H3,(H,18,21). The average Bonchev–Trinajstić information content (AvgIpc) is 2.54. The number of likely N-dealkylation sites (N-methyl/N-ethyl adjacent to an activating group) is 1. The third-order valence-corrected chi connectivity index (χ3v) is 3.25. The van der Waals surface area contributed by atoms with Crippen LogP contribution < -0.4 is 10.6 Å². The maximum Gasteiger partial charge on any atom is 0.299 e. The molecule has 5 nitrogen and oxygen atoms in total. The smallest absolute Gasteiger partial charge is 0.299 e. The van der Waals surface area contributed by atoms with Gasteiger partial charge in [-0.25, -0.2) is 0 Å². The van der Waals surface area contributed by atoms with Gasteiger partial charge in [0, 0.05) is 37.7 Å². The summed E-state index contributed by atoms with van der Waals surface area (Å²) in [5.74, 6) is 5.02. The molecule has 2 rings (SSSR count). The first-order valence-corrected chi connectivity index (χ1v) is 7.08. The van der Waals surface area contributed by atoms with Gasteiger partial charge >= 0.3 is 0 Å². The number of carbonyl (C=O) groups excluding carboxylic acids is 2. The molecule has 1 aliphatic rings. The number of amides is 2. The monoisotopic (exact) mass is 285 g/mol. The lowest BCUT2D eigenvalue weighted by molar-refractivity contribution is -0.137. The third kappa shape index (κ3) is 4.07. The number of benzene rings is 1. The Hall–Kier alpha value is -2.32. The Kier molecular flexibility index (Phi) is 5.35. The SMILES string of the molecule is CCNC(=O)C1CNCCN1C(=O)C#Cc1ccccc1. The van der Waals surface area contributed by atoms with Gasteiger partial charge in [0.15, 0.2) is 0 Å². The van der Waals surface area contributed by atoms with E-state index < -0.39 is 6.04 Å². The Bertz CT molecular complexity index is 560. The minimum absolute atomic E-state index is 0.139. The van der Waals surface area contributed by atoms with Gasteiger partial charge in [0.25, 0.3) is 5.91 Å². The summed E-state index contributed by atoms with van der Waals surface area (Å²) in [6.07, 6.45) is 0. The zero-order chi connectivity index (χ0) is 15.1. The summed E-state index contributed by atoms with van der Waals surface area (Å²) in [4.78, 5) is 25.8. The number of rotatable bonds is 2. The predicted molar refractivity (Wildman–Crippen MR) is 80.4 cm³/mol. The molecule has 0 spiro atoms. The Morgan fingerprint density at radius 1 is 1.38 bits per heavy atom. The fraction of sp³-hybridized carbons (Fsp3) is 0.375. The van der Waals surface area contributed by atoms with Crippen molar-refractivity contribution in [3.8, 4) is 11.8 Å². The summed E-state index contributed by atoms with van der Waals surface area (Å²) in [5, 5.41) is 5.88. The van der Waals surface area contributed by atoms with Crippen LogP contribution in [0.5, 0.6) is 0 Å². The topological polar surface area (TPSA) is 61.4 Å². The van der Waals surface area contributed by atoms with Gasteiger partial charge in [-0.15, -0.1) is 0 Å². The first-order valence-electron chi connectivity index (χ1n) is 7.08. The van der Waals surface area contributed by atoms with E-state index in [9.17, 15) is 9.59 Å². The van der Waals surface area contributed by atoms with E-state index in [-0.39, 0.29) is 11.8 Å². The third-order valence-electron chi connectivity index (χ3n) is 3.25.